The van der Waals surface area contributed by atoms with E-state index >= 15 is 0 Å². The molecule has 2 heteroatoms. The molecule has 0 saturated heterocycles. The van der Waals surface area contributed by atoms with Crippen LogP contribution in [0.5, 0.6) is 0 Å². The Labute approximate surface area is 105 Å². The highest BCUT2D eigenvalue weighted by molar-refractivity contribution is 5.16. The second-order valence-corrected chi connectivity index (χ2v) is 4.93. The summed E-state index contributed by atoms with van der Waals surface area (Å²) in [6, 6.07) is 3.95. The molecule has 0 fully saturated rings. The van der Waals surface area contributed by atoms with Crippen molar-refractivity contribution in [2.24, 2.45) is 5.92 Å². The molecule has 2 nitrogen and oxygen atoms in total. The van der Waals surface area contributed by atoms with Gasteiger partial charge in [0.05, 0.1) is 11.8 Å². The maximum atomic E-state index is 10.2. The Morgan fingerprint density at radius 2 is 2.12 bits per heavy atom. The van der Waals surface area contributed by atoms with Gasteiger partial charge in [0, 0.05) is 6.20 Å². The van der Waals surface area contributed by atoms with Gasteiger partial charge in [-0.3, -0.25) is 4.98 Å². The molecule has 0 radical (unpaired) electrons. The first-order valence-corrected chi connectivity index (χ1v) is 6.78. The predicted molar refractivity (Wildman–Crippen MR) is 71.9 cm³/mol. The number of aromatic nitrogens is 1. The van der Waals surface area contributed by atoms with Gasteiger partial charge in [0.15, 0.2) is 0 Å². The molecular weight excluding hydrogens is 210 g/mol. The number of nitrogens with zero attached hydrogens (tertiary/aromatic N) is 1. The van der Waals surface area contributed by atoms with Crippen LogP contribution in [0.25, 0.3) is 0 Å². The van der Waals surface area contributed by atoms with E-state index in [1.807, 2.05) is 19.1 Å². The zero-order chi connectivity index (χ0) is 12.7. The summed E-state index contributed by atoms with van der Waals surface area (Å²) in [5.74, 6) is 0.618. The van der Waals surface area contributed by atoms with Crippen molar-refractivity contribution in [1.82, 2.24) is 4.98 Å². The van der Waals surface area contributed by atoms with E-state index in [0.717, 1.165) is 24.1 Å². The normalized spacial score (nSPS) is 14.6. The first-order valence-electron chi connectivity index (χ1n) is 6.78. The molecule has 0 aliphatic rings. The molecule has 0 spiro atoms. The fourth-order valence-electron chi connectivity index (χ4n) is 2.16. The summed E-state index contributed by atoms with van der Waals surface area (Å²) in [5, 5.41) is 10.2. The van der Waals surface area contributed by atoms with Crippen molar-refractivity contribution in [3.8, 4) is 0 Å². The maximum absolute atomic E-state index is 10.2. The zero-order valence-corrected chi connectivity index (χ0v) is 11.3. The van der Waals surface area contributed by atoms with Crippen molar-refractivity contribution in [3.05, 3.63) is 29.6 Å². The molecule has 0 aromatic carbocycles. The van der Waals surface area contributed by atoms with Crippen LogP contribution < -0.4 is 0 Å². The number of rotatable bonds is 7. The monoisotopic (exact) mass is 235 g/mol. The SMILES string of the molecule is CCCCC(CC)CC(O)c1cc(C)ccn1. The quantitative estimate of drug-likeness (QED) is 0.774. The van der Waals surface area contributed by atoms with Gasteiger partial charge >= 0.3 is 0 Å². The van der Waals surface area contributed by atoms with Gasteiger partial charge in [-0.05, 0) is 37.0 Å². The van der Waals surface area contributed by atoms with Crippen LogP contribution in [0.15, 0.2) is 18.3 Å². The molecule has 1 N–H and O–H groups in total. The standard InChI is InChI=1S/C15H25NO/c1-4-6-7-13(5-2)11-15(17)14-10-12(3)8-9-16-14/h8-10,13,15,17H,4-7,11H2,1-3H3. The van der Waals surface area contributed by atoms with Gasteiger partial charge in [0.2, 0.25) is 0 Å². The minimum Gasteiger partial charge on any atom is -0.387 e. The fraction of sp³-hybridized carbons (Fsp3) is 0.667. The van der Waals surface area contributed by atoms with Crippen LogP contribution in [-0.2, 0) is 0 Å². The number of unbranched alkanes of at least 4 members (excludes halogenated alkanes) is 1. The summed E-state index contributed by atoms with van der Waals surface area (Å²) < 4.78 is 0. The van der Waals surface area contributed by atoms with Crippen molar-refractivity contribution < 1.29 is 5.11 Å². The van der Waals surface area contributed by atoms with E-state index in [-0.39, 0.29) is 0 Å². The van der Waals surface area contributed by atoms with E-state index in [2.05, 4.69) is 18.8 Å². The first-order chi connectivity index (χ1) is 8.17. The molecule has 96 valence electrons. The lowest BCUT2D eigenvalue weighted by molar-refractivity contribution is 0.135. The highest BCUT2D eigenvalue weighted by atomic mass is 16.3. The van der Waals surface area contributed by atoms with E-state index in [9.17, 15) is 5.11 Å². The van der Waals surface area contributed by atoms with Crippen molar-refractivity contribution in [1.29, 1.82) is 0 Å². The molecule has 1 heterocycles. The number of aliphatic hydroxyl groups is 1. The molecule has 2 unspecified atom stereocenters. The zero-order valence-electron chi connectivity index (χ0n) is 11.3. The highest BCUT2D eigenvalue weighted by Crippen LogP contribution is 2.25. The maximum Gasteiger partial charge on any atom is 0.0962 e. The molecule has 0 aliphatic carbocycles. The Bertz CT molecular complexity index is 324. The van der Waals surface area contributed by atoms with Gasteiger partial charge in [-0.15, -0.1) is 0 Å². The summed E-state index contributed by atoms with van der Waals surface area (Å²) in [6.07, 6.45) is 7.06. The van der Waals surface area contributed by atoms with Gasteiger partial charge in [0.25, 0.3) is 0 Å². The topological polar surface area (TPSA) is 33.1 Å². The summed E-state index contributed by atoms with van der Waals surface area (Å²) in [4.78, 5) is 4.26. The van der Waals surface area contributed by atoms with Gasteiger partial charge in [0.1, 0.15) is 0 Å². The van der Waals surface area contributed by atoms with E-state index in [0.29, 0.717) is 5.92 Å². The van der Waals surface area contributed by atoms with Crippen molar-refractivity contribution in [3.63, 3.8) is 0 Å². The number of aryl methyl sites for hydroxylation is 1. The predicted octanol–water partition coefficient (Wildman–Crippen LogP) is 4.03. The summed E-state index contributed by atoms with van der Waals surface area (Å²) in [5.41, 5.74) is 1.98. The van der Waals surface area contributed by atoms with Gasteiger partial charge in [-0.1, -0.05) is 39.5 Å². The highest BCUT2D eigenvalue weighted by Gasteiger charge is 2.15. The summed E-state index contributed by atoms with van der Waals surface area (Å²) in [6.45, 7) is 6.45. The molecule has 0 bridgehead atoms. The molecule has 2 atom stereocenters. The largest absolute Gasteiger partial charge is 0.387 e. The van der Waals surface area contributed by atoms with Crippen molar-refractivity contribution in [2.75, 3.05) is 0 Å². The second-order valence-electron chi connectivity index (χ2n) is 4.93. The Hall–Kier alpha value is -0.890. The molecule has 0 saturated carbocycles. The average Bonchev–Trinajstić information content (AvgIpc) is 2.34. The molecule has 1 aromatic heterocycles. The minimum absolute atomic E-state index is 0.406. The third-order valence-corrected chi connectivity index (χ3v) is 3.38. The smallest absolute Gasteiger partial charge is 0.0962 e. The van der Waals surface area contributed by atoms with E-state index < -0.39 is 6.10 Å². The Balaban J connectivity index is 2.54. The van der Waals surface area contributed by atoms with Crippen LogP contribution >= 0.6 is 0 Å². The van der Waals surface area contributed by atoms with E-state index in [1.54, 1.807) is 6.20 Å². The van der Waals surface area contributed by atoms with Crippen LogP contribution in [0.2, 0.25) is 0 Å². The van der Waals surface area contributed by atoms with Crippen LogP contribution in [0.1, 0.15) is 63.3 Å². The molecule has 0 amide bonds. The third-order valence-electron chi connectivity index (χ3n) is 3.38. The molecule has 1 rings (SSSR count). The number of pyridine rings is 1. The lowest BCUT2D eigenvalue weighted by Crippen LogP contribution is -2.08. The van der Waals surface area contributed by atoms with Gasteiger partial charge < -0.3 is 5.11 Å². The first kappa shape index (κ1) is 14.2. The number of aliphatic hydroxyl groups excluding tert-OH is 1. The van der Waals surface area contributed by atoms with Crippen LogP contribution in [0.3, 0.4) is 0 Å². The molecular formula is C15H25NO. The molecule has 1 aromatic rings. The lowest BCUT2D eigenvalue weighted by atomic mass is 9.92. The second kappa shape index (κ2) is 7.44. The summed E-state index contributed by atoms with van der Waals surface area (Å²) in [7, 11) is 0. The van der Waals surface area contributed by atoms with Crippen molar-refractivity contribution in [2.45, 2.75) is 59.0 Å². The van der Waals surface area contributed by atoms with Crippen LogP contribution in [-0.4, -0.2) is 10.1 Å². The lowest BCUT2D eigenvalue weighted by Gasteiger charge is -2.18. The van der Waals surface area contributed by atoms with Crippen LogP contribution in [0.4, 0.5) is 0 Å². The molecule has 17 heavy (non-hydrogen) atoms. The van der Waals surface area contributed by atoms with E-state index in [4.69, 9.17) is 0 Å². The van der Waals surface area contributed by atoms with Crippen LogP contribution in [0, 0.1) is 12.8 Å². The third kappa shape index (κ3) is 4.86. The van der Waals surface area contributed by atoms with Crippen molar-refractivity contribution >= 4 is 0 Å². The number of hydrogen-bond donors (Lipinski definition) is 1. The molecule has 0 aliphatic heterocycles. The van der Waals surface area contributed by atoms with Gasteiger partial charge in [-0.25, -0.2) is 0 Å². The fourth-order valence-corrected chi connectivity index (χ4v) is 2.16. The average molecular weight is 235 g/mol. The summed E-state index contributed by atoms with van der Waals surface area (Å²) >= 11 is 0. The van der Waals surface area contributed by atoms with E-state index in [1.165, 1.54) is 19.3 Å². The Morgan fingerprint density at radius 1 is 1.35 bits per heavy atom. The number of hydrogen-bond acceptors (Lipinski definition) is 2. The Morgan fingerprint density at radius 3 is 2.71 bits per heavy atom. The minimum atomic E-state index is -0.406. The Kier molecular flexibility index (Phi) is 6.20. The van der Waals surface area contributed by atoms with Gasteiger partial charge in [-0.2, -0.15) is 0 Å².